The predicted molar refractivity (Wildman–Crippen MR) is 103 cm³/mol. The number of rotatable bonds is 3. The molecule has 4 bridgehead atoms. The number of benzene rings is 1. The van der Waals surface area contributed by atoms with Crippen LogP contribution in [-0.4, -0.2) is 17.1 Å². The Hall–Kier alpha value is -2.23. The van der Waals surface area contributed by atoms with E-state index in [0.717, 1.165) is 34.2 Å². The fourth-order valence-electron chi connectivity index (χ4n) is 6.20. The zero-order valence-corrected chi connectivity index (χ0v) is 15.2. The van der Waals surface area contributed by atoms with Crippen LogP contribution in [0.5, 0.6) is 0 Å². The molecule has 1 aromatic heterocycles. The molecule has 4 saturated carbocycles. The van der Waals surface area contributed by atoms with Gasteiger partial charge >= 0.3 is 0 Å². The van der Waals surface area contributed by atoms with Crippen molar-refractivity contribution in [2.75, 3.05) is 0 Å². The molecule has 26 heavy (non-hydrogen) atoms. The van der Waals surface area contributed by atoms with Crippen LogP contribution in [-0.2, 0) is 10.2 Å². The molecule has 4 nitrogen and oxygen atoms in total. The van der Waals surface area contributed by atoms with Crippen LogP contribution in [0.4, 0.5) is 0 Å². The van der Waals surface area contributed by atoms with Gasteiger partial charge in [-0.05, 0) is 68.4 Å². The fourth-order valence-corrected chi connectivity index (χ4v) is 6.20. The Bertz CT molecular complexity index is 866. The van der Waals surface area contributed by atoms with Crippen molar-refractivity contribution in [3.05, 3.63) is 41.6 Å². The van der Waals surface area contributed by atoms with Crippen molar-refractivity contribution in [1.29, 1.82) is 0 Å². The third-order valence-corrected chi connectivity index (χ3v) is 6.76. The van der Waals surface area contributed by atoms with Gasteiger partial charge < -0.3 is 0 Å². The van der Waals surface area contributed by atoms with Gasteiger partial charge in [-0.15, -0.1) is 0 Å². The maximum Gasteiger partial charge on any atom is 0.236 e. The molecule has 1 amide bonds. The molecule has 1 N–H and O–H groups in total. The van der Waals surface area contributed by atoms with Crippen molar-refractivity contribution in [1.82, 2.24) is 10.4 Å². The molecule has 4 fully saturated rings. The first-order chi connectivity index (χ1) is 12.6. The Morgan fingerprint density at radius 2 is 1.81 bits per heavy atom. The molecule has 134 valence electrons. The fraction of sp³-hybridized carbons (Fsp3) is 0.500. The molecule has 1 heterocycles. The summed E-state index contributed by atoms with van der Waals surface area (Å²) in [5.74, 6) is 2.53. The van der Waals surface area contributed by atoms with E-state index in [-0.39, 0.29) is 11.3 Å². The van der Waals surface area contributed by atoms with Gasteiger partial charge in [0.05, 0.1) is 11.7 Å². The van der Waals surface area contributed by atoms with Gasteiger partial charge in [0.15, 0.2) is 0 Å². The largest absolute Gasteiger partial charge is 0.274 e. The van der Waals surface area contributed by atoms with Gasteiger partial charge in [-0.25, -0.2) is 5.43 Å². The Morgan fingerprint density at radius 1 is 1.15 bits per heavy atom. The highest BCUT2D eigenvalue weighted by molar-refractivity contribution is 5.98. The molecule has 2 aromatic rings. The summed E-state index contributed by atoms with van der Waals surface area (Å²) in [6.07, 6.45) is 9.97. The van der Waals surface area contributed by atoms with E-state index < -0.39 is 0 Å². The average Bonchev–Trinajstić information content (AvgIpc) is 2.60. The molecule has 6 rings (SSSR count). The number of nitrogens with one attached hydrogen (secondary N) is 1. The highest BCUT2D eigenvalue weighted by Gasteiger charge is 2.52. The van der Waals surface area contributed by atoms with Crippen molar-refractivity contribution in [2.24, 2.45) is 22.9 Å². The number of hydrazone groups is 1. The number of aromatic nitrogens is 1. The maximum absolute atomic E-state index is 11.2. The molecule has 0 spiro atoms. The Balaban J connectivity index is 1.60. The van der Waals surface area contributed by atoms with Crippen molar-refractivity contribution < 1.29 is 4.79 Å². The Morgan fingerprint density at radius 3 is 2.46 bits per heavy atom. The molecule has 4 aliphatic rings. The lowest BCUT2D eigenvalue weighted by Gasteiger charge is -2.56. The molecular weight excluding hydrogens is 322 g/mol. The standard InChI is InChI=1S/C22H25N3O/c1-14(26)25-23-13-18-9-21(24-20-5-3-2-4-19(18)20)22-10-15-6-16(11-22)8-17(7-15)12-22/h2-5,9,13,15-17H,6-8,10-12H2,1H3,(H,25,26)/b23-13+. The topological polar surface area (TPSA) is 54.4 Å². The summed E-state index contributed by atoms with van der Waals surface area (Å²) in [5, 5.41) is 5.22. The van der Waals surface area contributed by atoms with Crippen molar-refractivity contribution in [2.45, 2.75) is 50.9 Å². The summed E-state index contributed by atoms with van der Waals surface area (Å²) in [4.78, 5) is 16.3. The smallest absolute Gasteiger partial charge is 0.236 e. The number of para-hydroxylation sites is 1. The zero-order valence-electron chi connectivity index (χ0n) is 15.2. The van der Waals surface area contributed by atoms with Crippen LogP contribution < -0.4 is 5.43 Å². The van der Waals surface area contributed by atoms with Crippen LogP contribution >= 0.6 is 0 Å². The number of nitrogens with zero attached hydrogens (tertiary/aromatic N) is 2. The molecule has 0 radical (unpaired) electrons. The SMILES string of the molecule is CC(=O)N/N=C/c1cc(C23CC4CC(CC(C4)C2)C3)nc2ccccc12. The van der Waals surface area contributed by atoms with Gasteiger partial charge in [0.1, 0.15) is 0 Å². The van der Waals surface area contributed by atoms with Crippen LogP contribution in [0.15, 0.2) is 35.4 Å². The van der Waals surface area contributed by atoms with E-state index >= 15 is 0 Å². The second kappa shape index (κ2) is 5.90. The quantitative estimate of drug-likeness (QED) is 0.669. The van der Waals surface area contributed by atoms with E-state index in [1.807, 2.05) is 12.1 Å². The van der Waals surface area contributed by atoms with Crippen LogP contribution in [0.1, 0.15) is 56.7 Å². The first-order valence-corrected chi connectivity index (χ1v) is 9.81. The zero-order chi connectivity index (χ0) is 17.7. The number of amides is 1. The van der Waals surface area contributed by atoms with Gasteiger partial charge in [-0.3, -0.25) is 9.78 Å². The second-order valence-electron chi connectivity index (χ2n) is 8.74. The molecule has 4 aliphatic carbocycles. The van der Waals surface area contributed by atoms with Crippen molar-refractivity contribution in [3.8, 4) is 0 Å². The summed E-state index contributed by atoms with van der Waals surface area (Å²) >= 11 is 0. The minimum absolute atomic E-state index is 0.152. The van der Waals surface area contributed by atoms with Gasteiger partial charge in [0.25, 0.3) is 0 Å². The predicted octanol–water partition coefficient (Wildman–Crippen LogP) is 4.17. The average molecular weight is 347 g/mol. The third-order valence-electron chi connectivity index (χ3n) is 6.76. The second-order valence-corrected chi connectivity index (χ2v) is 8.74. The Labute approximate surface area is 154 Å². The minimum Gasteiger partial charge on any atom is -0.274 e. The van der Waals surface area contributed by atoms with Crippen molar-refractivity contribution in [3.63, 3.8) is 0 Å². The maximum atomic E-state index is 11.2. The summed E-state index contributed by atoms with van der Waals surface area (Å²) in [7, 11) is 0. The van der Waals surface area contributed by atoms with Crippen LogP contribution in [0.2, 0.25) is 0 Å². The molecule has 4 heteroatoms. The highest BCUT2D eigenvalue weighted by atomic mass is 16.2. The van der Waals surface area contributed by atoms with Crippen LogP contribution in [0, 0.1) is 17.8 Å². The van der Waals surface area contributed by atoms with Crippen molar-refractivity contribution >= 4 is 23.0 Å². The minimum atomic E-state index is -0.152. The summed E-state index contributed by atoms with van der Waals surface area (Å²) in [6, 6.07) is 10.5. The third kappa shape index (κ3) is 2.63. The lowest BCUT2D eigenvalue weighted by molar-refractivity contribution is -0.118. The summed E-state index contributed by atoms with van der Waals surface area (Å²) < 4.78 is 0. The first kappa shape index (κ1) is 16.0. The lowest BCUT2D eigenvalue weighted by Crippen LogP contribution is -2.49. The van der Waals surface area contributed by atoms with Gasteiger partial charge in [-0.1, -0.05) is 18.2 Å². The number of pyridine rings is 1. The number of hydrogen-bond acceptors (Lipinski definition) is 3. The van der Waals surface area contributed by atoms with E-state index in [9.17, 15) is 4.79 Å². The van der Waals surface area contributed by atoms with E-state index in [2.05, 4.69) is 28.7 Å². The molecular formula is C22H25N3O. The molecule has 0 aliphatic heterocycles. The van der Waals surface area contributed by atoms with E-state index in [0.29, 0.717) is 0 Å². The van der Waals surface area contributed by atoms with Crippen LogP contribution in [0.25, 0.3) is 10.9 Å². The summed E-state index contributed by atoms with van der Waals surface area (Å²) in [5.41, 5.74) is 6.12. The number of fused-ring (bicyclic) bond motifs is 1. The molecule has 0 unspecified atom stereocenters. The van der Waals surface area contributed by atoms with E-state index in [1.165, 1.54) is 51.1 Å². The van der Waals surface area contributed by atoms with Gasteiger partial charge in [0.2, 0.25) is 5.91 Å². The molecule has 0 saturated heterocycles. The number of hydrogen-bond donors (Lipinski definition) is 1. The molecule has 1 aromatic carbocycles. The molecule has 0 atom stereocenters. The Kier molecular flexibility index (Phi) is 3.63. The van der Waals surface area contributed by atoms with E-state index in [1.54, 1.807) is 6.21 Å². The summed E-state index contributed by atoms with van der Waals surface area (Å²) in [6.45, 7) is 1.48. The monoisotopic (exact) mass is 347 g/mol. The number of carbonyl (C=O) groups is 1. The normalized spacial score (nSPS) is 32.4. The van der Waals surface area contributed by atoms with Gasteiger partial charge in [-0.2, -0.15) is 5.10 Å². The first-order valence-electron chi connectivity index (χ1n) is 9.81. The van der Waals surface area contributed by atoms with Gasteiger partial charge in [0, 0.05) is 29.0 Å². The number of carbonyl (C=O) groups excluding carboxylic acids is 1. The lowest BCUT2D eigenvalue weighted by atomic mass is 9.48. The highest BCUT2D eigenvalue weighted by Crippen LogP contribution is 2.60. The van der Waals surface area contributed by atoms with E-state index in [4.69, 9.17) is 4.98 Å². The van der Waals surface area contributed by atoms with Crippen LogP contribution in [0.3, 0.4) is 0 Å².